The number of para-hydroxylation sites is 2. The van der Waals surface area contributed by atoms with Crippen LogP contribution in [0.2, 0.25) is 0 Å². The van der Waals surface area contributed by atoms with Crippen molar-refractivity contribution in [1.82, 2.24) is 14.9 Å². The Balaban J connectivity index is 2.31. The molecule has 2 rings (SSSR count). The first-order valence-corrected chi connectivity index (χ1v) is 7.41. The summed E-state index contributed by atoms with van der Waals surface area (Å²) in [7, 11) is 1.76. The Morgan fingerprint density at radius 3 is 2.70 bits per heavy atom. The maximum Gasteiger partial charge on any atom is 0.111 e. The minimum atomic E-state index is 0.167. The quantitative estimate of drug-likeness (QED) is 0.844. The molecule has 0 saturated heterocycles. The second-order valence-corrected chi connectivity index (χ2v) is 5.07. The molecule has 1 heterocycles. The standard InChI is InChI=1S/C16H25N3O/c1-5-17-14(12(3)20-4)11-16-18-13-9-7-8-10-15(13)19(16)6-2/h7-10,12,14,17H,5-6,11H2,1-4H3. The fourth-order valence-corrected chi connectivity index (χ4v) is 2.66. The number of fused-ring (bicyclic) bond motifs is 1. The van der Waals surface area contributed by atoms with Gasteiger partial charge in [0.15, 0.2) is 0 Å². The molecular weight excluding hydrogens is 250 g/mol. The Morgan fingerprint density at radius 1 is 1.30 bits per heavy atom. The number of rotatable bonds is 7. The van der Waals surface area contributed by atoms with Crippen molar-refractivity contribution in [3.63, 3.8) is 0 Å². The van der Waals surface area contributed by atoms with E-state index in [1.807, 2.05) is 6.07 Å². The highest BCUT2D eigenvalue weighted by Crippen LogP contribution is 2.18. The average molecular weight is 275 g/mol. The largest absolute Gasteiger partial charge is 0.380 e. The highest BCUT2D eigenvalue weighted by Gasteiger charge is 2.20. The number of imidazole rings is 1. The van der Waals surface area contributed by atoms with Crippen LogP contribution in [0.1, 0.15) is 26.6 Å². The van der Waals surface area contributed by atoms with Gasteiger partial charge in [-0.05, 0) is 32.5 Å². The van der Waals surface area contributed by atoms with Gasteiger partial charge in [0, 0.05) is 26.1 Å². The lowest BCUT2D eigenvalue weighted by molar-refractivity contribution is 0.0827. The fourth-order valence-electron chi connectivity index (χ4n) is 2.66. The van der Waals surface area contributed by atoms with Crippen molar-refractivity contribution in [2.45, 2.75) is 45.9 Å². The first kappa shape index (κ1) is 15.0. The van der Waals surface area contributed by atoms with Gasteiger partial charge in [-0.1, -0.05) is 19.1 Å². The van der Waals surface area contributed by atoms with E-state index in [4.69, 9.17) is 9.72 Å². The topological polar surface area (TPSA) is 39.1 Å². The van der Waals surface area contributed by atoms with Crippen LogP contribution in [0, 0.1) is 0 Å². The molecule has 0 bridgehead atoms. The van der Waals surface area contributed by atoms with E-state index in [2.05, 4.69) is 48.9 Å². The van der Waals surface area contributed by atoms with Crippen LogP contribution < -0.4 is 5.32 Å². The van der Waals surface area contributed by atoms with Gasteiger partial charge in [-0.2, -0.15) is 0 Å². The number of likely N-dealkylation sites (N-methyl/N-ethyl adjacent to an activating group) is 1. The SMILES string of the molecule is CCNC(Cc1nc2ccccc2n1CC)C(C)OC. The lowest BCUT2D eigenvalue weighted by atomic mass is 10.1. The van der Waals surface area contributed by atoms with E-state index in [1.165, 1.54) is 5.52 Å². The predicted octanol–water partition coefficient (Wildman–Crippen LogP) is 2.61. The Morgan fingerprint density at radius 2 is 2.05 bits per heavy atom. The Labute approximate surface area is 121 Å². The van der Waals surface area contributed by atoms with Crippen molar-refractivity contribution in [2.24, 2.45) is 0 Å². The van der Waals surface area contributed by atoms with Crippen LogP contribution in [0.5, 0.6) is 0 Å². The van der Waals surface area contributed by atoms with Crippen molar-refractivity contribution >= 4 is 11.0 Å². The van der Waals surface area contributed by atoms with E-state index in [0.29, 0.717) is 0 Å². The van der Waals surface area contributed by atoms with Crippen LogP contribution in [-0.2, 0) is 17.7 Å². The number of nitrogens with one attached hydrogen (secondary N) is 1. The van der Waals surface area contributed by atoms with Gasteiger partial charge in [0.05, 0.1) is 17.1 Å². The molecule has 0 aliphatic heterocycles. The van der Waals surface area contributed by atoms with E-state index in [1.54, 1.807) is 7.11 Å². The van der Waals surface area contributed by atoms with E-state index in [0.717, 1.165) is 30.9 Å². The number of ether oxygens (including phenoxy) is 1. The molecule has 4 heteroatoms. The smallest absolute Gasteiger partial charge is 0.111 e. The van der Waals surface area contributed by atoms with Crippen LogP contribution >= 0.6 is 0 Å². The summed E-state index contributed by atoms with van der Waals surface area (Å²) in [5, 5.41) is 3.50. The Hall–Kier alpha value is -1.39. The highest BCUT2D eigenvalue weighted by molar-refractivity contribution is 5.75. The predicted molar refractivity (Wildman–Crippen MR) is 83.0 cm³/mol. The van der Waals surface area contributed by atoms with Crippen LogP contribution in [0.4, 0.5) is 0 Å². The maximum atomic E-state index is 5.49. The Kier molecular flexibility index (Phi) is 5.15. The summed E-state index contributed by atoms with van der Waals surface area (Å²) in [6, 6.07) is 8.61. The molecule has 0 spiro atoms. The molecule has 0 amide bonds. The number of benzene rings is 1. The lowest BCUT2D eigenvalue weighted by Gasteiger charge is -2.23. The first-order valence-electron chi connectivity index (χ1n) is 7.41. The third-order valence-corrected chi connectivity index (χ3v) is 3.86. The molecule has 20 heavy (non-hydrogen) atoms. The molecule has 0 fully saturated rings. The molecular formula is C16H25N3O. The zero-order valence-electron chi connectivity index (χ0n) is 12.9. The summed E-state index contributed by atoms with van der Waals surface area (Å²) >= 11 is 0. The third kappa shape index (κ3) is 3.02. The fraction of sp³-hybridized carbons (Fsp3) is 0.562. The van der Waals surface area contributed by atoms with Gasteiger partial charge in [-0.25, -0.2) is 4.98 Å². The molecule has 1 N–H and O–H groups in total. The number of hydrogen-bond acceptors (Lipinski definition) is 3. The zero-order chi connectivity index (χ0) is 14.5. The molecule has 1 aromatic heterocycles. The number of aryl methyl sites for hydroxylation is 1. The maximum absolute atomic E-state index is 5.49. The molecule has 2 aromatic rings. The molecule has 0 aliphatic carbocycles. The van der Waals surface area contributed by atoms with Crippen molar-refractivity contribution in [2.75, 3.05) is 13.7 Å². The normalized spacial score (nSPS) is 14.6. The van der Waals surface area contributed by atoms with Crippen molar-refractivity contribution in [3.8, 4) is 0 Å². The van der Waals surface area contributed by atoms with Gasteiger partial charge >= 0.3 is 0 Å². The summed E-state index contributed by atoms with van der Waals surface area (Å²) < 4.78 is 7.78. The van der Waals surface area contributed by atoms with Gasteiger partial charge in [0.1, 0.15) is 5.82 Å². The van der Waals surface area contributed by atoms with Crippen molar-refractivity contribution < 1.29 is 4.74 Å². The second kappa shape index (κ2) is 6.86. The van der Waals surface area contributed by atoms with E-state index in [9.17, 15) is 0 Å². The van der Waals surface area contributed by atoms with E-state index >= 15 is 0 Å². The van der Waals surface area contributed by atoms with Gasteiger partial charge in [0.2, 0.25) is 0 Å². The van der Waals surface area contributed by atoms with Gasteiger partial charge < -0.3 is 14.6 Å². The molecule has 110 valence electrons. The summed E-state index contributed by atoms with van der Waals surface area (Å²) in [6.45, 7) is 8.27. The number of aromatic nitrogens is 2. The van der Waals surface area contributed by atoms with Crippen LogP contribution in [0.15, 0.2) is 24.3 Å². The first-order chi connectivity index (χ1) is 9.71. The Bertz CT molecular complexity index is 550. The number of hydrogen-bond donors (Lipinski definition) is 1. The molecule has 4 nitrogen and oxygen atoms in total. The summed E-state index contributed by atoms with van der Waals surface area (Å²) in [6.07, 6.45) is 1.05. The van der Waals surface area contributed by atoms with Gasteiger partial charge in [-0.15, -0.1) is 0 Å². The second-order valence-electron chi connectivity index (χ2n) is 5.07. The molecule has 0 radical (unpaired) electrons. The van der Waals surface area contributed by atoms with Crippen LogP contribution in [0.3, 0.4) is 0 Å². The summed E-state index contributed by atoms with van der Waals surface area (Å²) in [5.41, 5.74) is 2.29. The van der Waals surface area contributed by atoms with Gasteiger partial charge in [-0.3, -0.25) is 0 Å². The van der Waals surface area contributed by atoms with E-state index < -0.39 is 0 Å². The highest BCUT2D eigenvalue weighted by atomic mass is 16.5. The van der Waals surface area contributed by atoms with Crippen LogP contribution in [0.25, 0.3) is 11.0 Å². The minimum absolute atomic E-state index is 0.167. The summed E-state index contributed by atoms with van der Waals surface area (Å²) in [5.74, 6) is 1.13. The number of methoxy groups -OCH3 is 1. The molecule has 1 aromatic carbocycles. The molecule has 0 aliphatic rings. The molecule has 2 atom stereocenters. The minimum Gasteiger partial charge on any atom is -0.380 e. The monoisotopic (exact) mass is 275 g/mol. The third-order valence-electron chi connectivity index (χ3n) is 3.86. The molecule has 2 unspecified atom stereocenters. The average Bonchev–Trinajstić information content (AvgIpc) is 2.83. The number of nitrogens with zero attached hydrogens (tertiary/aromatic N) is 2. The zero-order valence-corrected chi connectivity index (χ0v) is 12.9. The van der Waals surface area contributed by atoms with Gasteiger partial charge in [0.25, 0.3) is 0 Å². The summed E-state index contributed by atoms with van der Waals surface area (Å²) in [4.78, 5) is 4.79. The van der Waals surface area contributed by atoms with E-state index in [-0.39, 0.29) is 12.1 Å². The van der Waals surface area contributed by atoms with Crippen LogP contribution in [-0.4, -0.2) is 35.4 Å². The van der Waals surface area contributed by atoms with Crippen molar-refractivity contribution in [3.05, 3.63) is 30.1 Å². The molecule has 0 saturated carbocycles. The lowest BCUT2D eigenvalue weighted by Crippen LogP contribution is -2.41. The van der Waals surface area contributed by atoms with Crippen molar-refractivity contribution in [1.29, 1.82) is 0 Å².